The lowest BCUT2D eigenvalue weighted by atomic mass is 9.83. The lowest BCUT2D eigenvalue weighted by Crippen LogP contribution is -2.25. The number of carbonyl (C=O) groups excluding carboxylic acids is 1. The fraction of sp³-hybridized carbons (Fsp3) is 0.769. The van der Waals surface area contributed by atoms with Gasteiger partial charge in [-0.25, -0.2) is 0 Å². The number of rotatable bonds is 50. The van der Waals surface area contributed by atoms with Crippen LogP contribution in [0.3, 0.4) is 0 Å². The average Bonchev–Trinajstić information content (AvgIpc) is 3.70. The van der Waals surface area contributed by atoms with Gasteiger partial charge in [0, 0.05) is 6.42 Å². The number of unbranched alkanes of at least 4 members (excludes halogenated alkanes) is 36. The van der Waals surface area contributed by atoms with E-state index in [1.54, 1.807) is 6.08 Å². The summed E-state index contributed by atoms with van der Waals surface area (Å²) in [6.07, 6.45) is 52.5. The van der Waals surface area contributed by atoms with Gasteiger partial charge in [0.1, 0.15) is 5.60 Å². The molecule has 1 aliphatic rings. The molecule has 1 N–H and O–H groups in total. The van der Waals surface area contributed by atoms with Crippen molar-refractivity contribution >= 4 is 11.4 Å². The molecule has 2 aromatic rings. The van der Waals surface area contributed by atoms with Gasteiger partial charge < -0.3 is 24.1 Å². The van der Waals surface area contributed by atoms with Crippen LogP contribution in [0.4, 0.5) is 0 Å². The molecule has 0 spiro atoms. The SMILES string of the molecule is CCCCCCCCCCCCOc1ccc(C2=CC(=O)CC2(O)c2ccc(OCCCCCCCCCCCC)c(OCCCCCCCCCCCC)c2)cc1OCCCCCCCCCCCC. The summed E-state index contributed by atoms with van der Waals surface area (Å²) in [5.74, 6) is 2.68. The van der Waals surface area contributed by atoms with Crippen molar-refractivity contribution < 1.29 is 28.8 Å². The molecule has 1 atom stereocenters. The number of carbonyl (C=O) groups is 1. The van der Waals surface area contributed by atoms with Crippen molar-refractivity contribution in [1.29, 1.82) is 0 Å². The van der Waals surface area contributed by atoms with Crippen LogP contribution < -0.4 is 18.9 Å². The number of benzene rings is 2. The van der Waals surface area contributed by atoms with Gasteiger partial charge in [-0.2, -0.15) is 0 Å². The third kappa shape index (κ3) is 28.3. The Bertz CT molecular complexity index is 1620. The minimum absolute atomic E-state index is 0.0230. The molecule has 0 bridgehead atoms. The Morgan fingerprint density at radius 2 is 0.648 bits per heavy atom. The topological polar surface area (TPSA) is 74.2 Å². The molecule has 0 saturated heterocycles. The first kappa shape index (κ1) is 62.3. The number of aliphatic hydroxyl groups is 1. The largest absolute Gasteiger partial charge is 0.490 e. The zero-order valence-corrected chi connectivity index (χ0v) is 46.8. The molecular weight excluding hydrogens is 877 g/mol. The van der Waals surface area contributed by atoms with Gasteiger partial charge in [0.15, 0.2) is 28.8 Å². The first-order chi connectivity index (χ1) is 35.0. The summed E-state index contributed by atoms with van der Waals surface area (Å²) in [7, 11) is 0. The second-order valence-electron chi connectivity index (χ2n) is 21.5. The first-order valence-corrected chi connectivity index (χ1v) is 30.7. The summed E-state index contributed by atoms with van der Waals surface area (Å²) in [5, 5.41) is 12.7. The third-order valence-electron chi connectivity index (χ3n) is 14.9. The number of ether oxygens (including phenoxy) is 4. The van der Waals surface area contributed by atoms with Crippen LogP contribution in [0.25, 0.3) is 5.57 Å². The van der Waals surface area contributed by atoms with E-state index in [9.17, 15) is 9.90 Å². The van der Waals surface area contributed by atoms with Gasteiger partial charge in [-0.3, -0.25) is 4.79 Å². The normalized spacial score (nSPS) is 14.6. The van der Waals surface area contributed by atoms with Gasteiger partial charge in [0.25, 0.3) is 0 Å². The van der Waals surface area contributed by atoms with Gasteiger partial charge in [-0.05, 0) is 72.7 Å². The molecule has 71 heavy (non-hydrogen) atoms. The number of hydrogen-bond acceptors (Lipinski definition) is 6. The van der Waals surface area contributed by atoms with Crippen LogP contribution >= 0.6 is 0 Å². The number of ketones is 1. The van der Waals surface area contributed by atoms with Gasteiger partial charge in [-0.15, -0.1) is 0 Å². The van der Waals surface area contributed by atoms with E-state index in [1.165, 1.54) is 205 Å². The lowest BCUT2D eigenvalue weighted by Gasteiger charge is -2.28. The summed E-state index contributed by atoms with van der Waals surface area (Å²) < 4.78 is 25.9. The monoisotopic (exact) mass is 987 g/mol. The molecule has 3 rings (SSSR count). The quantitative estimate of drug-likeness (QED) is 0.0666. The Kier molecular flexibility index (Phi) is 37.2. The zero-order valence-electron chi connectivity index (χ0n) is 46.8. The van der Waals surface area contributed by atoms with Crippen LogP contribution in [0.5, 0.6) is 23.0 Å². The second-order valence-corrected chi connectivity index (χ2v) is 21.5. The summed E-state index contributed by atoms with van der Waals surface area (Å²) >= 11 is 0. The van der Waals surface area contributed by atoms with Crippen LogP contribution in [-0.2, 0) is 10.4 Å². The summed E-state index contributed by atoms with van der Waals surface area (Å²) in [6.45, 7) is 11.6. The van der Waals surface area contributed by atoms with Crippen molar-refractivity contribution in [2.75, 3.05) is 26.4 Å². The molecule has 0 aromatic heterocycles. The van der Waals surface area contributed by atoms with Crippen LogP contribution in [0, 0.1) is 0 Å². The second kappa shape index (κ2) is 42.4. The van der Waals surface area contributed by atoms with Crippen molar-refractivity contribution in [3.8, 4) is 23.0 Å². The lowest BCUT2D eigenvalue weighted by molar-refractivity contribution is -0.116. The molecule has 0 amide bonds. The van der Waals surface area contributed by atoms with Gasteiger partial charge in [-0.1, -0.05) is 271 Å². The maximum Gasteiger partial charge on any atom is 0.161 e. The molecule has 0 aliphatic heterocycles. The van der Waals surface area contributed by atoms with Crippen molar-refractivity contribution in [2.24, 2.45) is 0 Å². The average molecular weight is 988 g/mol. The van der Waals surface area contributed by atoms with Gasteiger partial charge >= 0.3 is 0 Å². The van der Waals surface area contributed by atoms with Gasteiger partial charge in [0.2, 0.25) is 0 Å². The van der Waals surface area contributed by atoms with Crippen molar-refractivity contribution in [3.05, 3.63) is 53.6 Å². The Morgan fingerprint density at radius 3 is 0.986 bits per heavy atom. The molecule has 1 aliphatic carbocycles. The van der Waals surface area contributed by atoms with Crippen LogP contribution in [-0.4, -0.2) is 37.3 Å². The van der Waals surface area contributed by atoms with E-state index in [-0.39, 0.29) is 12.2 Å². The first-order valence-electron chi connectivity index (χ1n) is 30.7. The standard InChI is InChI=1S/C65H110O6/c1-5-9-13-17-21-25-29-33-37-41-49-68-61-47-45-57(53-63(61)70-51-43-39-35-31-27-23-19-15-11-7-3)60-55-59(66)56-65(60,67)58-46-48-62(69-50-42-38-34-30-26-22-18-14-10-6-2)64(54-58)71-52-44-40-36-32-28-24-20-16-12-8-4/h45-48,53-55,67H,5-44,49-52,56H2,1-4H3. The van der Waals surface area contributed by atoms with E-state index in [0.717, 1.165) is 62.7 Å². The molecule has 0 saturated carbocycles. The Labute approximate surface area is 438 Å². The fourth-order valence-corrected chi connectivity index (χ4v) is 10.2. The van der Waals surface area contributed by atoms with Crippen molar-refractivity contribution in [2.45, 2.75) is 297 Å². The van der Waals surface area contributed by atoms with Crippen molar-refractivity contribution in [1.82, 2.24) is 0 Å². The smallest absolute Gasteiger partial charge is 0.161 e. The molecule has 0 radical (unpaired) electrons. The molecule has 6 nitrogen and oxygen atoms in total. The predicted octanol–water partition coefficient (Wildman–Crippen LogP) is 20.1. The Hall–Kier alpha value is -2.99. The summed E-state index contributed by atoms with van der Waals surface area (Å²) in [5.41, 5.74) is 0.491. The highest BCUT2D eigenvalue weighted by Gasteiger charge is 2.42. The highest BCUT2D eigenvalue weighted by molar-refractivity contribution is 6.05. The molecule has 6 heteroatoms. The maximum absolute atomic E-state index is 13.4. The maximum atomic E-state index is 13.4. The van der Waals surface area contributed by atoms with E-state index in [1.807, 2.05) is 36.4 Å². The highest BCUT2D eigenvalue weighted by Crippen LogP contribution is 2.47. The van der Waals surface area contributed by atoms with E-state index in [2.05, 4.69) is 27.7 Å². The van der Waals surface area contributed by atoms with E-state index in [4.69, 9.17) is 18.9 Å². The molecule has 2 aromatic carbocycles. The number of allylic oxidation sites excluding steroid dienone is 1. The number of hydrogen-bond donors (Lipinski definition) is 1. The minimum atomic E-state index is -1.52. The van der Waals surface area contributed by atoms with Crippen LogP contribution in [0.2, 0.25) is 0 Å². The third-order valence-corrected chi connectivity index (χ3v) is 14.9. The summed E-state index contributed by atoms with van der Waals surface area (Å²) in [6, 6.07) is 11.8. The molecule has 0 fully saturated rings. The van der Waals surface area contributed by atoms with Crippen LogP contribution in [0.1, 0.15) is 302 Å². The highest BCUT2D eigenvalue weighted by atomic mass is 16.5. The Morgan fingerprint density at radius 1 is 0.366 bits per heavy atom. The molecular formula is C65H110O6. The minimum Gasteiger partial charge on any atom is -0.490 e. The van der Waals surface area contributed by atoms with E-state index < -0.39 is 5.60 Å². The van der Waals surface area contributed by atoms with Crippen LogP contribution in [0.15, 0.2) is 42.5 Å². The van der Waals surface area contributed by atoms with Crippen molar-refractivity contribution in [3.63, 3.8) is 0 Å². The van der Waals surface area contributed by atoms with E-state index in [0.29, 0.717) is 54.8 Å². The molecule has 1 unspecified atom stereocenters. The van der Waals surface area contributed by atoms with Gasteiger partial charge in [0.05, 0.1) is 26.4 Å². The Balaban J connectivity index is 1.70. The summed E-state index contributed by atoms with van der Waals surface area (Å²) in [4.78, 5) is 13.4. The van der Waals surface area contributed by atoms with E-state index >= 15 is 0 Å². The predicted molar refractivity (Wildman–Crippen MR) is 304 cm³/mol. The molecule has 406 valence electrons. The zero-order chi connectivity index (χ0) is 50.7. The molecule has 0 heterocycles. The fourth-order valence-electron chi connectivity index (χ4n) is 10.2.